The molecule has 0 radical (unpaired) electrons. The van der Waals surface area contributed by atoms with Crippen LogP contribution in [0.1, 0.15) is 30.2 Å². The lowest BCUT2D eigenvalue weighted by atomic mass is 10.1. The Hall–Kier alpha value is -3.04. The molecular formula is C15H15F2N5O3. The fraction of sp³-hybridized carbons (Fsp3) is 0.333. The number of rotatable bonds is 4. The number of halogens is 2. The van der Waals surface area contributed by atoms with Crippen LogP contribution in [0, 0.1) is 18.6 Å². The first kappa shape index (κ1) is 16.8. The first-order chi connectivity index (χ1) is 11.8. The molecule has 10 heteroatoms. The second kappa shape index (κ2) is 6.46. The van der Waals surface area contributed by atoms with Crippen molar-refractivity contribution in [1.82, 2.24) is 20.4 Å². The van der Waals surface area contributed by atoms with Crippen LogP contribution in [-0.2, 0) is 11.3 Å². The summed E-state index contributed by atoms with van der Waals surface area (Å²) in [6.07, 6.45) is 0. The van der Waals surface area contributed by atoms with Gasteiger partial charge >= 0.3 is 6.03 Å². The van der Waals surface area contributed by atoms with Crippen LogP contribution in [0.25, 0.3) is 0 Å². The molecule has 0 saturated heterocycles. The molecule has 132 valence electrons. The Balaban J connectivity index is 1.67. The third kappa shape index (κ3) is 3.42. The molecule has 3 amide bonds. The summed E-state index contributed by atoms with van der Waals surface area (Å²) in [5, 5.41) is 8.74. The third-order valence-corrected chi connectivity index (χ3v) is 3.72. The Morgan fingerprint density at radius 2 is 2.24 bits per heavy atom. The second-order valence-electron chi connectivity index (χ2n) is 5.63. The topological polar surface area (TPSA) is 100 Å². The number of nitrogens with zero attached hydrogens (tertiary/aromatic N) is 3. The minimum absolute atomic E-state index is 0.00533. The Morgan fingerprint density at radius 1 is 1.48 bits per heavy atom. The summed E-state index contributed by atoms with van der Waals surface area (Å²) in [4.78, 5) is 29.2. The molecule has 0 spiro atoms. The van der Waals surface area contributed by atoms with Gasteiger partial charge in [-0.1, -0.05) is 5.16 Å². The molecule has 8 nitrogen and oxygen atoms in total. The molecule has 0 saturated carbocycles. The molecule has 2 aromatic rings. The number of aryl methyl sites for hydroxylation is 1. The van der Waals surface area contributed by atoms with Gasteiger partial charge in [0.1, 0.15) is 6.54 Å². The summed E-state index contributed by atoms with van der Waals surface area (Å²) < 4.78 is 32.1. The highest BCUT2D eigenvalue weighted by Crippen LogP contribution is 2.27. The average Bonchev–Trinajstić information content (AvgIpc) is 2.99. The molecule has 25 heavy (non-hydrogen) atoms. The van der Waals surface area contributed by atoms with E-state index >= 15 is 0 Å². The number of hydrogen-bond donors (Lipinski definition) is 2. The van der Waals surface area contributed by atoms with Crippen molar-refractivity contribution in [2.45, 2.75) is 26.4 Å². The lowest BCUT2D eigenvalue weighted by Gasteiger charge is -2.29. The van der Waals surface area contributed by atoms with Gasteiger partial charge in [0.15, 0.2) is 17.5 Å². The monoisotopic (exact) mass is 351 g/mol. The van der Waals surface area contributed by atoms with Crippen LogP contribution in [0.15, 0.2) is 16.7 Å². The zero-order valence-electron chi connectivity index (χ0n) is 13.5. The van der Waals surface area contributed by atoms with Crippen LogP contribution >= 0.6 is 0 Å². The number of hydrogen-bond acceptors (Lipinski definition) is 5. The van der Waals surface area contributed by atoms with Crippen molar-refractivity contribution in [3.8, 4) is 0 Å². The van der Waals surface area contributed by atoms with Crippen LogP contribution < -0.4 is 10.6 Å². The normalized spacial score (nSPS) is 14.7. The Bertz CT molecular complexity index is 839. The minimum atomic E-state index is -1.04. The van der Waals surface area contributed by atoms with Crippen molar-refractivity contribution in [2.75, 3.05) is 11.9 Å². The molecule has 1 aromatic carbocycles. The van der Waals surface area contributed by atoms with Gasteiger partial charge in [-0.15, -0.1) is 0 Å². The molecule has 1 unspecified atom stereocenters. The van der Waals surface area contributed by atoms with Crippen LogP contribution in [0.2, 0.25) is 0 Å². The lowest BCUT2D eigenvalue weighted by molar-refractivity contribution is -0.122. The smallest absolute Gasteiger partial charge is 0.322 e. The molecule has 2 N–H and O–H groups in total. The largest absolute Gasteiger partial charge is 0.345 e. The lowest BCUT2D eigenvalue weighted by Crippen LogP contribution is -2.45. The Morgan fingerprint density at radius 3 is 2.92 bits per heavy atom. The second-order valence-corrected chi connectivity index (χ2v) is 5.63. The van der Waals surface area contributed by atoms with Crippen molar-refractivity contribution in [3.63, 3.8) is 0 Å². The van der Waals surface area contributed by atoms with Gasteiger partial charge in [-0.25, -0.2) is 13.6 Å². The van der Waals surface area contributed by atoms with E-state index in [1.54, 1.807) is 13.8 Å². The van der Waals surface area contributed by atoms with Crippen LogP contribution in [0.5, 0.6) is 0 Å². The number of aromatic nitrogens is 2. The molecule has 0 fully saturated rings. The highest BCUT2D eigenvalue weighted by molar-refractivity contribution is 5.94. The number of anilines is 1. The highest BCUT2D eigenvalue weighted by atomic mass is 19.2. The van der Waals surface area contributed by atoms with E-state index in [0.29, 0.717) is 11.7 Å². The van der Waals surface area contributed by atoms with E-state index in [2.05, 4.69) is 20.8 Å². The van der Waals surface area contributed by atoms with E-state index < -0.39 is 29.6 Å². The summed E-state index contributed by atoms with van der Waals surface area (Å²) in [6.45, 7) is 2.73. The van der Waals surface area contributed by atoms with E-state index in [1.807, 2.05) is 0 Å². The van der Waals surface area contributed by atoms with E-state index in [-0.39, 0.29) is 24.3 Å². The highest BCUT2D eigenvalue weighted by Gasteiger charge is 2.28. The summed E-state index contributed by atoms with van der Waals surface area (Å²) in [5.74, 6) is -1.89. The Kier molecular flexibility index (Phi) is 4.34. The van der Waals surface area contributed by atoms with Gasteiger partial charge in [-0.3, -0.25) is 4.79 Å². The van der Waals surface area contributed by atoms with Gasteiger partial charge in [-0.2, -0.15) is 4.98 Å². The standard InChI is InChI=1S/C15H15F2N5O3/c1-7(14-19-8(2)25-21-14)18-12(23)6-22-5-9-11(20-15(22)24)4-3-10(16)13(9)17/h3-4,7H,5-6H2,1-2H3,(H,18,23)(H,20,24). The fourth-order valence-corrected chi connectivity index (χ4v) is 2.46. The van der Waals surface area contributed by atoms with Crippen LogP contribution in [-0.4, -0.2) is 33.5 Å². The van der Waals surface area contributed by atoms with Crippen LogP contribution in [0.3, 0.4) is 0 Å². The number of amides is 3. The van der Waals surface area contributed by atoms with Crippen LogP contribution in [0.4, 0.5) is 19.3 Å². The van der Waals surface area contributed by atoms with Crippen molar-refractivity contribution in [1.29, 1.82) is 0 Å². The van der Waals surface area contributed by atoms with Gasteiger partial charge in [0, 0.05) is 12.5 Å². The quantitative estimate of drug-likeness (QED) is 0.876. The molecule has 2 heterocycles. The van der Waals surface area contributed by atoms with Crippen molar-refractivity contribution in [2.24, 2.45) is 0 Å². The SMILES string of the molecule is Cc1nc(C(C)NC(=O)CN2Cc3c(ccc(F)c3F)NC2=O)no1. The van der Waals surface area contributed by atoms with E-state index in [0.717, 1.165) is 11.0 Å². The van der Waals surface area contributed by atoms with Crippen molar-refractivity contribution < 1.29 is 22.9 Å². The number of carbonyl (C=O) groups is 2. The number of benzene rings is 1. The van der Waals surface area contributed by atoms with Gasteiger partial charge < -0.3 is 20.1 Å². The molecule has 1 atom stereocenters. The molecule has 0 bridgehead atoms. The molecular weight excluding hydrogens is 336 g/mol. The number of fused-ring (bicyclic) bond motifs is 1. The molecule has 1 aliphatic heterocycles. The predicted molar refractivity (Wildman–Crippen MR) is 81.4 cm³/mol. The first-order valence-corrected chi connectivity index (χ1v) is 7.47. The summed E-state index contributed by atoms with van der Waals surface area (Å²) in [6, 6.07) is 1.12. The maximum absolute atomic E-state index is 13.9. The van der Waals surface area contributed by atoms with Crippen molar-refractivity contribution >= 4 is 17.6 Å². The van der Waals surface area contributed by atoms with E-state index in [9.17, 15) is 18.4 Å². The fourth-order valence-electron chi connectivity index (χ4n) is 2.46. The summed E-state index contributed by atoms with van der Waals surface area (Å²) in [7, 11) is 0. The van der Waals surface area contributed by atoms with E-state index in [1.165, 1.54) is 6.07 Å². The third-order valence-electron chi connectivity index (χ3n) is 3.72. The molecule has 1 aromatic heterocycles. The molecule has 1 aliphatic rings. The summed E-state index contributed by atoms with van der Waals surface area (Å²) >= 11 is 0. The number of nitrogens with one attached hydrogen (secondary N) is 2. The summed E-state index contributed by atoms with van der Waals surface area (Å²) in [5.41, 5.74) is 0.186. The first-order valence-electron chi connectivity index (χ1n) is 7.47. The van der Waals surface area contributed by atoms with Gasteiger partial charge in [-0.05, 0) is 19.1 Å². The molecule has 3 rings (SSSR count). The predicted octanol–water partition coefficient (Wildman–Crippen LogP) is 1.88. The maximum atomic E-state index is 13.9. The van der Waals surface area contributed by atoms with Gasteiger partial charge in [0.25, 0.3) is 0 Å². The van der Waals surface area contributed by atoms with Crippen molar-refractivity contribution in [3.05, 3.63) is 41.0 Å². The maximum Gasteiger partial charge on any atom is 0.322 e. The average molecular weight is 351 g/mol. The zero-order valence-corrected chi connectivity index (χ0v) is 13.5. The van der Waals surface area contributed by atoms with E-state index in [4.69, 9.17) is 4.52 Å². The Labute approximate surface area is 141 Å². The van der Waals surface area contributed by atoms with Gasteiger partial charge in [0.2, 0.25) is 11.8 Å². The number of carbonyl (C=O) groups excluding carboxylic acids is 2. The zero-order chi connectivity index (χ0) is 18.1. The minimum Gasteiger partial charge on any atom is -0.345 e. The molecule has 0 aliphatic carbocycles. The van der Waals surface area contributed by atoms with Gasteiger partial charge in [0.05, 0.1) is 18.3 Å². The number of urea groups is 1.